The maximum absolute atomic E-state index is 12.4. The Labute approximate surface area is 142 Å². The third kappa shape index (κ3) is 4.62. The van der Waals surface area contributed by atoms with Gasteiger partial charge < -0.3 is 19.7 Å². The van der Waals surface area contributed by atoms with E-state index < -0.39 is 0 Å². The monoisotopic (exact) mass is 329 g/mol. The third-order valence-electron chi connectivity index (χ3n) is 3.48. The van der Waals surface area contributed by atoms with Crippen molar-refractivity contribution in [1.82, 2.24) is 9.88 Å². The lowest BCUT2D eigenvalue weighted by atomic mass is 10.2. The first kappa shape index (κ1) is 17.6. The number of nitrogens with zero attached hydrogens (tertiary/aromatic N) is 2. The zero-order chi connectivity index (χ0) is 17.4. The van der Waals surface area contributed by atoms with E-state index in [0.717, 1.165) is 5.56 Å². The predicted octanol–water partition coefficient (Wildman–Crippen LogP) is 3.54. The number of rotatable bonds is 7. The summed E-state index contributed by atoms with van der Waals surface area (Å²) < 4.78 is 10.9. The average molecular weight is 329 g/mol. The second-order valence-corrected chi connectivity index (χ2v) is 5.10. The molecule has 0 saturated heterocycles. The molecule has 0 aliphatic carbocycles. The van der Waals surface area contributed by atoms with Crippen molar-refractivity contribution >= 4 is 11.7 Å². The number of benzene rings is 1. The molecule has 6 nitrogen and oxygen atoms in total. The van der Waals surface area contributed by atoms with E-state index in [1.54, 1.807) is 36.5 Å². The maximum atomic E-state index is 12.4. The number of anilines is 1. The van der Waals surface area contributed by atoms with Gasteiger partial charge in [-0.2, -0.15) is 0 Å². The van der Waals surface area contributed by atoms with Crippen LogP contribution in [0.2, 0.25) is 0 Å². The number of pyridine rings is 1. The van der Waals surface area contributed by atoms with E-state index in [0.29, 0.717) is 36.9 Å². The van der Waals surface area contributed by atoms with Crippen LogP contribution in [0.4, 0.5) is 10.5 Å². The molecule has 0 spiro atoms. The number of ether oxygens (including phenoxy) is 2. The quantitative estimate of drug-likeness (QED) is 0.844. The Morgan fingerprint density at radius 2 is 2.08 bits per heavy atom. The summed E-state index contributed by atoms with van der Waals surface area (Å²) in [5, 5.41) is 2.84. The number of amides is 2. The minimum atomic E-state index is -0.168. The summed E-state index contributed by atoms with van der Waals surface area (Å²) in [5.74, 6) is 1.37. The molecule has 0 radical (unpaired) electrons. The summed E-state index contributed by atoms with van der Waals surface area (Å²) in [5.41, 5.74) is 1.64. The van der Waals surface area contributed by atoms with Gasteiger partial charge in [0.25, 0.3) is 0 Å². The number of nitrogens with one attached hydrogen (secondary N) is 1. The second-order valence-electron chi connectivity index (χ2n) is 5.10. The van der Waals surface area contributed by atoms with Crippen molar-refractivity contribution in [2.75, 3.05) is 25.6 Å². The van der Waals surface area contributed by atoms with Gasteiger partial charge >= 0.3 is 6.03 Å². The van der Waals surface area contributed by atoms with E-state index in [4.69, 9.17) is 9.47 Å². The van der Waals surface area contributed by atoms with E-state index in [-0.39, 0.29) is 6.03 Å². The number of hydrogen-bond acceptors (Lipinski definition) is 4. The van der Waals surface area contributed by atoms with Crippen LogP contribution in [0.1, 0.15) is 19.4 Å². The first-order chi connectivity index (χ1) is 11.7. The molecule has 0 atom stereocenters. The molecule has 6 heteroatoms. The summed E-state index contributed by atoms with van der Waals surface area (Å²) in [6, 6.07) is 9.11. The topological polar surface area (TPSA) is 63.7 Å². The van der Waals surface area contributed by atoms with Gasteiger partial charge in [0.2, 0.25) is 0 Å². The smallest absolute Gasteiger partial charge is 0.322 e. The van der Waals surface area contributed by atoms with Crippen molar-refractivity contribution in [1.29, 1.82) is 0 Å². The molecule has 1 aromatic carbocycles. The molecule has 0 aliphatic rings. The van der Waals surface area contributed by atoms with Crippen molar-refractivity contribution in [3.05, 3.63) is 48.3 Å². The summed E-state index contributed by atoms with van der Waals surface area (Å²) in [6.45, 7) is 5.50. The van der Waals surface area contributed by atoms with Crippen molar-refractivity contribution in [2.24, 2.45) is 0 Å². The highest BCUT2D eigenvalue weighted by Gasteiger charge is 2.14. The largest absolute Gasteiger partial charge is 0.493 e. The number of hydrogen-bond donors (Lipinski definition) is 1. The van der Waals surface area contributed by atoms with Crippen LogP contribution in [-0.4, -0.2) is 36.2 Å². The highest BCUT2D eigenvalue weighted by Crippen LogP contribution is 2.28. The van der Waals surface area contributed by atoms with Gasteiger partial charge in [-0.15, -0.1) is 0 Å². The van der Waals surface area contributed by atoms with Crippen LogP contribution in [-0.2, 0) is 6.54 Å². The van der Waals surface area contributed by atoms with Crippen LogP contribution >= 0.6 is 0 Å². The number of methoxy groups -OCH3 is 1. The van der Waals surface area contributed by atoms with Gasteiger partial charge in [-0.1, -0.05) is 6.07 Å². The Bertz CT molecular complexity index is 662. The molecule has 1 heterocycles. The highest BCUT2D eigenvalue weighted by molar-refractivity contribution is 5.89. The van der Waals surface area contributed by atoms with Gasteiger partial charge in [0.05, 0.1) is 25.6 Å². The van der Waals surface area contributed by atoms with Crippen LogP contribution in [0.15, 0.2) is 42.7 Å². The van der Waals surface area contributed by atoms with Crippen molar-refractivity contribution in [3.8, 4) is 11.5 Å². The minimum absolute atomic E-state index is 0.168. The molecular weight excluding hydrogens is 306 g/mol. The van der Waals surface area contributed by atoms with Gasteiger partial charge in [0.1, 0.15) is 0 Å². The number of carbonyl (C=O) groups is 1. The molecule has 2 aromatic rings. The standard InChI is InChI=1S/C18H23N3O3/c1-4-21(18(22)20-15-7-6-10-19-12-15)13-14-8-9-16(24-5-2)17(11-14)23-3/h6-12H,4-5,13H2,1-3H3,(H,20,22). The van der Waals surface area contributed by atoms with E-state index in [1.165, 1.54) is 0 Å². The molecule has 0 saturated carbocycles. The highest BCUT2D eigenvalue weighted by atomic mass is 16.5. The number of urea groups is 1. The predicted molar refractivity (Wildman–Crippen MR) is 93.5 cm³/mol. The maximum Gasteiger partial charge on any atom is 0.322 e. The molecule has 128 valence electrons. The van der Waals surface area contributed by atoms with Crippen LogP contribution in [0.25, 0.3) is 0 Å². The fraction of sp³-hybridized carbons (Fsp3) is 0.333. The second kappa shape index (κ2) is 8.76. The van der Waals surface area contributed by atoms with E-state index in [1.807, 2.05) is 32.0 Å². The van der Waals surface area contributed by atoms with Crippen LogP contribution in [0, 0.1) is 0 Å². The molecular formula is C18H23N3O3. The van der Waals surface area contributed by atoms with Gasteiger partial charge in [-0.25, -0.2) is 4.79 Å². The molecule has 2 amide bonds. The lowest BCUT2D eigenvalue weighted by molar-refractivity contribution is 0.212. The van der Waals surface area contributed by atoms with Crippen molar-refractivity contribution in [3.63, 3.8) is 0 Å². The van der Waals surface area contributed by atoms with Gasteiger partial charge in [0.15, 0.2) is 11.5 Å². The Morgan fingerprint density at radius 1 is 1.25 bits per heavy atom. The van der Waals surface area contributed by atoms with Crippen LogP contribution in [0.5, 0.6) is 11.5 Å². The Kier molecular flexibility index (Phi) is 6.42. The molecule has 1 aromatic heterocycles. The molecule has 2 rings (SSSR count). The molecule has 0 bridgehead atoms. The van der Waals surface area contributed by atoms with E-state index in [9.17, 15) is 4.79 Å². The Hall–Kier alpha value is -2.76. The lowest BCUT2D eigenvalue weighted by Crippen LogP contribution is -2.34. The number of carbonyl (C=O) groups excluding carboxylic acids is 1. The normalized spacial score (nSPS) is 10.1. The molecule has 1 N–H and O–H groups in total. The van der Waals surface area contributed by atoms with Gasteiger partial charge in [0, 0.05) is 19.3 Å². The fourth-order valence-corrected chi connectivity index (χ4v) is 2.27. The SMILES string of the molecule is CCOc1ccc(CN(CC)C(=O)Nc2cccnc2)cc1OC. The zero-order valence-electron chi connectivity index (χ0n) is 14.3. The van der Waals surface area contributed by atoms with E-state index in [2.05, 4.69) is 10.3 Å². The van der Waals surface area contributed by atoms with Crippen LogP contribution < -0.4 is 14.8 Å². The van der Waals surface area contributed by atoms with E-state index >= 15 is 0 Å². The summed E-state index contributed by atoms with van der Waals surface area (Å²) in [7, 11) is 1.61. The summed E-state index contributed by atoms with van der Waals surface area (Å²) in [4.78, 5) is 18.1. The van der Waals surface area contributed by atoms with Crippen molar-refractivity contribution < 1.29 is 14.3 Å². The fourth-order valence-electron chi connectivity index (χ4n) is 2.27. The lowest BCUT2D eigenvalue weighted by Gasteiger charge is -2.22. The third-order valence-corrected chi connectivity index (χ3v) is 3.48. The minimum Gasteiger partial charge on any atom is -0.493 e. The molecule has 24 heavy (non-hydrogen) atoms. The Morgan fingerprint density at radius 3 is 2.71 bits per heavy atom. The Balaban J connectivity index is 2.07. The summed E-state index contributed by atoms with van der Waals surface area (Å²) in [6.07, 6.45) is 3.28. The van der Waals surface area contributed by atoms with Gasteiger partial charge in [-0.05, 0) is 43.7 Å². The molecule has 0 unspecified atom stereocenters. The average Bonchev–Trinajstić information content (AvgIpc) is 2.61. The summed E-state index contributed by atoms with van der Waals surface area (Å²) >= 11 is 0. The molecule has 0 aliphatic heterocycles. The zero-order valence-corrected chi connectivity index (χ0v) is 14.3. The van der Waals surface area contributed by atoms with Crippen molar-refractivity contribution in [2.45, 2.75) is 20.4 Å². The first-order valence-corrected chi connectivity index (χ1v) is 7.93. The van der Waals surface area contributed by atoms with Crippen LogP contribution in [0.3, 0.4) is 0 Å². The number of aromatic nitrogens is 1. The molecule has 0 fully saturated rings. The first-order valence-electron chi connectivity index (χ1n) is 7.93. The van der Waals surface area contributed by atoms with Gasteiger partial charge in [-0.3, -0.25) is 4.98 Å².